The van der Waals surface area contributed by atoms with Crippen LogP contribution in [-0.2, 0) is 4.79 Å². The highest BCUT2D eigenvalue weighted by atomic mass is 16.2. The highest BCUT2D eigenvalue weighted by Gasteiger charge is 2.35. The first-order chi connectivity index (χ1) is 12.1. The van der Waals surface area contributed by atoms with Crippen LogP contribution in [0.25, 0.3) is 0 Å². The summed E-state index contributed by atoms with van der Waals surface area (Å²) in [5, 5.41) is 0. The van der Waals surface area contributed by atoms with E-state index in [-0.39, 0.29) is 17.2 Å². The smallest absolute Gasteiger partial charge is 0.253 e. The number of carbonyl (C=O) groups excluding carboxylic acids is 2. The number of nitrogens with two attached hydrogens (primary N) is 1. The van der Waals surface area contributed by atoms with Crippen LogP contribution in [0, 0.1) is 5.41 Å². The fourth-order valence-electron chi connectivity index (χ4n) is 4.11. The number of piperazine rings is 1. The first-order valence-electron chi connectivity index (χ1n) is 9.46. The zero-order chi connectivity index (χ0) is 17.7. The van der Waals surface area contributed by atoms with Crippen molar-refractivity contribution >= 4 is 11.8 Å². The van der Waals surface area contributed by atoms with Crippen LogP contribution in [0.1, 0.15) is 48.9 Å². The van der Waals surface area contributed by atoms with E-state index in [0.29, 0.717) is 44.7 Å². The Morgan fingerprint density at radius 1 is 0.920 bits per heavy atom. The lowest BCUT2D eigenvalue weighted by Gasteiger charge is -2.39. The largest absolute Gasteiger partial charge is 0.339 e. The summed E-state index contributed by atoms with van der Waals surface area (Å²) in [7, 11) is 0. The van der Waals surface area contributed by atoms with Gasteiger partial charge in [0.25, 0.3) is 5.91 Å². The van der Waals surface area contributed by atoms with Gasteiger partial charge in [0.2, 0.25) is 5.91 Å². The number of rotatable bonds is 4. The normalized spacial score (nSPS) is 20.4. The SMILES string of the molecule is NCC1(CC(=O)N2CCN(C(=O)c3ccccc3)CC2)CCCCC1. The lowest BCUT2D eigenvalue weighted by Crippen LogP contribution is -2.51. The molecule has 1 saturated heterocycles. The van der Waals surface area contributed by atoms with E-state index in [2.05, 4.69) is 0 Å². The second-order valence-electron chi connectivity index (χ2n) is 7.48. The van der Waals surface area contributed by atoms with E-state index < -0.39 is 0 Å². The molecule has 0 bridgehead atoms. The fraction of sp³-hybridized carbons (Fsp3) is 0.600. The Morgan fingerprint density at radius 3 is 2.12 bits per heavy atom. The van der Waals surface area contributed by atoms with Gasteiger partial charge in [0, 0.05) is 38.2 Å². The Hall–Kier alpha value is -1.88. The molecule has 1 aliphatic heterocycles. The molecule has 1 aromatic carbocycles. The van der Waals surface area contributed by atoms with Crippen LogP contribution in [-0.4, -0.2) is 54.3 Å². The molecule has 0 unspecified atom stereocenters. The van der Waals surface area contributed by atoms with Crippen molar-refractivity contribution in [2.75, 3.05) is 32.7 Å². The maximum Gasteiger partial charge on any atom is 0.253 e. The Balaban J connectivity index is 1.53. The molecule has 25 heavy (non-hydrogen) atoms. The quantitative estimate of drug-likeness (QED) is 0.912. The van der Waals surface area contributed by atoms with Gasteiger partial charge >= 0.3 is 0 Å². The van der Waals surface area contributed by atoms with Gasteiger partial charge in [-0.05, 0) is 36.9 Å². The Kier molecular flexibility index (Phi) is 5.74. The number of carbonyl (C=O) groups is 2. The van der Waals surface area contributed by atoms with E-state index in [0.717, 1.165) is 12.8 Å². The van der Waals surface area contributed by atoms with Gasteiger partial charge in [-0.2, -0.15) is 0 Å². The van der Waals surface area contributed by atoms with E-state index in [9.17, 15) is 9.59 Å². The van der Waals surface area contributed by atoms with E-state index in [1.807, 2.05) is 40.1 Å². The van der Waals surface area contributed by atoms with Gasteiger partial charge in [-0.15, -0.1) is 0 Å². The molecular weight excluding hydrogens is 314 g/mol. The molecule has 0 aromatic heterocycles. The third-order valence-electron chi connectivity index (χ3n) is 5.81. The van der Waals surface area contributed by atoms with Crippen LogP contribution in [0.3, 0.4) is 0 Å². The molecule has 1 aliphatic carbocycles. The average Bonchev–Trinajstić information content (AvgIpc) is 2.69. The van der Waals surface area contributed by atoms with Crippen molar-refractivity contribution in [2.24, 2.45) is 11.1 Å². The second kappa shape index (κ2) is 8.00. The van der Waals surface area contributed by atoms with Gasteiger partial charge in [-0.1, -0.05) is 37.5 Å². The maximum atomic E-state index is 12.7. The van der Waals surface area contributed by atoms with E-state index in [1.54, 1.807) is 0 Å². The van der Waals surface area contributed by atoms with E-state index >= 15 is 0 Å². The molecule has 2 fully saturated rings. The first kappa shape index (κ1) is 17.9. The van der Waals surface area contributed by atoms with Gasteiger partial charge in [-0.25, -0.2) is 0 Å². The number of amides is 2. The molecule has 2 aliphatic rings. The second-order valence-corrected chi connectivity index (χ2v) is 7.48. The van der Waals surface area contributed by atoms with Crippen LogP contribution >= 0.6 is 0 Å². The minimum atomic E-state index is 0.00628. The van der Waals surface area contributed by atoms with Crippen LogP contribution in [0.5, 0.6) is 0 Å². The van der Waals surface area contributed by atoms with E-state index in [4.69, 9.17) is 5.73 Å². The Bertz CT molecular complexity index is 588. The van der Waals surface area contributed by atoms with E-state index in [1.165, 1.54) is 19.3 Å². The molecule has 2 amide bonds. The summed E-state index contributed by atoms with van der Waals surface area (Å²) in [5.74, 6) is 0.262. The topological polar surface area (TPSA) is 66.6 Å². The highest BCUT2D eigenvalue weighted by Crippen LogP contribution is 2.38. The number of hydrogen-bond acceptors (Lipinski definition) is 3. The summed E-state index contributed by atoms with van der Waals surface area (Å²) >= 11 is 0. The monoisotopic (exact) mass is 343 g/mol. The molecule has 0 spiro atoms. The Labute approximate surface area is 150 Å². The number of hydrogen-bond donors (Lipinski definition) is 1. The zero-order valence-electron chi connectivity index (χ0n) is 15.0. The van der Waals surface area contributed by atoms with Crippen molar-refractivity contribution in [3.8, 4) is 0 Å². The van der Waals surface area contributed by atoms with Gasteiger partial charge in [0.1, 0.15) is 0 Å². The minimum Gasteiger partial charge on any atom is -0.339 e. The minimum absolute atomic E-state index is 0.00628. The molecule has 1 saturated carbocycles. The summed E-state index contributed by atoms with van der Waals surface area (Å²) in [4.78, 5) is 29.0. The molecule has 0 atom stereocenters. The predicted octanol–water partition coefficient (Wildman–Crippen LogP) is 2.27. The lowest BCUT2D eigenvalue weighted by atomic mass is 9.71. The van der Waals surface area contributed by atoms with Crippen LogP contribution in [0.2, 0.25) is 0 Å². The predicted molar refractivity (Wildman–Crippen MR) is 98.1 cm³/mol. The first-order valence-corrected chi connectivity index (χ1v) is 9.46. The zero-order valence-corrected chi connectivity index (χ0v) is 15.0. The van der Waals surface area contributed by atoms with Gasteiger partial charge < -0.3 is 15.5 Å². The van der Waals surface area contributed by atoms with Crippen molar-refractivity contribution in [2.45, 2.75) is 38.5 Å². The third kappa shape index (κ3) is 4.21. The van der Waals surface area contributed by atoms with Crippen molar-refractivity contribution < 1.29 is 9.59 Å². The maximum absolute atomic E-state index is 12.7. The lowest BCUT2D eigenvalue weighted by molar-refractivity contribution is -0.135. The Morgan fingerprint density at radius 2 is 1.52 bits per heavy atom. The summed E-state index contributed by atoms with van der Waals surface area (Å²) in [6.45, 7) is 3.06. The van der Waals surface area contributed by atoms with Crippen molar-refractivity contribution in [3.63, 3.8) is 0 Å². The summed E-state index contributed by atoms with van der Waals surface area (Å²) in [6, 6.07) is 9.35. The van der Waals surface area contributed by atoms with Gasteiger partial charge in [0.15, 0.2) is 0 Å². The molecule has 5 heteroatoms. The number of benzene rings is 1. The molecule has 3 rings (SSSR count). The third-order valence-corrected chi connectivity index (χ3v) is 5.81. The van der Waals surface area contributed by atoms with Crippen molar-refractivity contribution in [3.05, 3.63) is 35.9 Å². The van der Waals surface area contributed by atoms with Crippen molar-refractivity contribution in [1.82, 2.24) is 9.80 Å². The molecule has 5 nitrogen and oxygen atoms in total. The molecule has 2 N–H and O–H groups in total. The molecule has 1 aromatic rings. The van der Waals surface area contributed by atoms with Crippen molar-refractivity contribution in [1.29, 1.82) is 0 Å². The summed E-state index contributed by atoms with van der Waals surface area (Å²) in [5.41, 5.74) is 6.74. The summed E-state index contributed by atoms with van der Waals surface area (Å²) < 4.78 is 0. The van der Waals surface area contributed by atoms with Crippen LogP contribution in [0.15, 0.2) is 30.3 Å². The molecule has 1 heterocycles. The average molecular weight is 343 g/mol. The standard InChI is InChI=1S/C20H29N3O2/c21-16-20(9-5-2-6-10-20)15-18(24)22-11-13-23(14-12-22)19(25)17-7-3-1-4-8-17/h1,3-4,7-8H,2,5-6,9-16,21H2. The van der Waals surface area contributed by atoms with Crippen LogP contribution in [0.4, 0.5) is 0 Å². The number of nitrogens with zero attached hydrogens (tertiary/aromatic N) is 2. The fourth-order valence-corrected chi connectivity index (χ4v) is 4.11. The highest BCUT2D eigenvalue weighted by molar-refractivity contribution is 5.94. The summed E-state index contributed by atoms with van der Waals surface area (Å²) in [6.07, 6.45) is 6.34. The van der Waals surface area contributed by atoms with Crippen LogP contribution < -0.4 is 5.73 Å². The van der Waals surface area contributed by atoms with Gasteiger partial charge in [-0.3, -0.25) is 9.59 Å². The molecular formula is C20H29N3O2. The molecule has 136 valence electrons. The van der Waals surface area contributed by atoms with Gasteiger partial charge in [0.05, 0.1) is 0 Å². The molecule has 0 radical (unpaired) electrons.